The minimum atomic E-state index is -0.912. The van der Waals surface area contributed by atoms with Gasteiger partial charge in [-0.05, 0) is 54.8 Å². The molecule has 0 saturated carbocycles. The Hall–Kier alpha value is -4.47. The molecule has 0 aliphatic carbocycles. The van der Waals surface area contributed by atoms with E-state index in [0.717, 1.165) is 70.6 Å². The second-order valence-corrected chi connectivity index (χ2v) is 9.32. The number of anilines is 1. The first-order valence-electron chi connectivity index (χ1n) is 12.4. The Morgan fingerprint density at radius 1 is 1.16 bits per heavy atom. The molecule has 1 atom stereocenters. The van der Waals surface area contributed by atoms with Crippen molar-refractivity contribution < 1.29 is 14.6 Å². The topological polar surface area (TPSA) is 120 Å². The summed E-state index contributed by atoms with van der Waals surface area (Å²) in [5.74, 6) is -0.176. The number of imidazole rings is 1. The van der Waals surface area contributed by atoms with Crippen LogP contribution in [0.15, 0.2) is 55.1 Å². The number of carboxylic acid groups (broad SMARTS) is 1. The smallest absolute Gasteiger partial charge is 0.305 e. The van der Waals surface area contributed by atoms with Gasteiger partial charge in [-0.15, -0.1) is 0 Å². The van der Waals surface area contributed by atoms with Gasteiger partial charge in [-0.2, -0.15) is 5.10 Å². The van der Waals surface area contributed by atoms with Gasteiger partial charge in [0.2, 0.25) is 0 Å². The average molecular weight is 498 g/mol. The van der Waals surface area contributed by atoms with Crippen molar-refractivity contribution in [2.45, 2.75) is 31.7 Å². The highest BCUT2D eigenvalue weighted by Crippen LogP contribution is 2.29. The van der Waals surface area contributed by atoms with Crippen LogP contribution in [0.2, 0.25) is 0 Å². The van der Waals surface area contributed by atoms with Crippen LogP contribution in [0.1, 0.15) is 35.8 Å². The summed E-state index contributed by atoms with van der Waals surface area (Å²) in [7, 11) is 1.89. The van der Waals surface area contributed by atoms with E-state index < -0.39 is 12.0 Å². The number of aromatic nitrogens is 6. The number of benzene rings is 1. The maximum absolute atomic E-state index is 11.8. The molecule has 2 N–H and O–H groups in total. The highest BCUT2D eigenvalue weighted by molar-refractivity contribution is 5.81. The lowest BCUT2D eigenvalue weighted by atomic mass is 10.1. The lowest BCUT2D eigenvalue weighted by Crippen LogP contribution is -2.16. The Balaban J connectivity index is 1.21. The summed E-state index contributed by atoms with van der Waals surface area (Å²) in [4.78, 5) is 25.2. The Kier molecular flexibility index (Phi) is 5.91. The maximum Gasteiger partial charge on any atom is 0.305 e. The molecule has 4 aromatic heterocycles. The number of hydrogen-bond acceptors (Lipinski definition) is 7. The van der Waals surface area contributed by atoms with Crippen LogP contribution in [0.3, 0.4) is 0 Å². The zero-order valence-electron chi connectivity index (χ0n) is 20.5. The molecular weight excluding hydrogens is 470 g/mol. The molecule has 10 heteroatoms. The van der Waals surface area contributed by atoms with Gasteiger partial charge in [0.15, 0.2) is 5.65 Å². The van der Waals surface area contributed by atoms with Gasteiger partial charge in [-0.3, -0.25) is 14.5 Å². The highest BCUT2D eigenvalue weighted by Gasteiger charge is 2.22. The van der Waals surface area contributed by atoms with E-state index in [1.807, 2.05) is 41.9 Å². The summed E-state index contributed by atoms with van der Waals surface area (Å²) in [6.07, 6.45) is 7.82. The van der Waals surface area contributed by atoms with Gasteiger partial charge < -0.3 is 19.7 Å². The number of hydrogen-bond donors (Lipinski definition) is 2. The largest absolute Gasteiger partial charge is 0.493 e. The second-order valence-electron chi connectivity index (χ2n) is 9.32. The van der Waals surface area contributed by atoms with Crippen LogP contribution in [-0.4, -0.2) is 53.5 Å². The molecule has 0 radical (unpaired) electrons. The molecule has 0 fully saturated rings. The third-order valence-electron chi connectivity index (χ3n) is 6.78. The highest BCUT2D eigenvalue weighted by atomic mass is 16.5. The molecular formula is C27H27N7O3. The van der Waals surface area contributed by atoms with Crippen LogP contribution in [0.4, 0.5) is 5.69 Å². The van der Waals surface area contributed by atoms with Crippen molar-refractivity contribution in [2.24, 2.45) is 7.05 Å². The Morgan fingerprint density at radius 2 is 2.08 bits per heavy atom. The van der Waals surface area contributed by atoms with Crippen molar-refractivity contribution >= 4 is 33.7 Å². The van der Waals surface area contributed by atoms with E-state index in [4.69, 9.17) is 9.72 Å². The quantitative estimate of drug-likeness (QED) is 0.333. The number of fused-ring (bicyclic) bond motifs is 3. The molecule has 0 bridgehead atoms. The van der Waals surface area contributed by atoms with E-state index in [2.05, 4.69) is 26.4 Å². The number of nitrogens with one attached hydrogen (secondary N) is 1. The van der Waals surface area contributed by atoms with Gasteiger partial charge in [-0.1, -0.05) is 0 Å². The molecule has 10 nitrogen and oxygen atoms in total. The summed E-state index contributed by atoms with van der Waals surface area (Å²) in [6, 6.07) is 11.3. The van der Waals surface area contributed by atoms with Crippen LogP contribution in [-0.2, 0) is 24.7 Å². The van der Waals surface area contributed by atoms with E-state index >= 15 is 0 Å². The van der Waals surface area contributed by atoms with Gasteiger partial charge in [0.05, 0.1) is 54.0 Å². The summed E-state index contributed by atoms with van der Waals surface area (Å²) >= 11 is 0. The number of rotatable bonds is 8. The molecule has 0 spiro atoms. The minimum Gasteiger partial charge on any atom is -0.493 e. The third-order valence-corrected chi connectivity index (χ3v) is 6.78. The first-order valence-corrected chi connectivity index (χ1v) is 12.4. The monoisotopic (exact) mass is 497 g/mol. The summed E-state index contributed by atoms with van der Waals surface area (Å²) in [6.45, 7) is 1.51. The van der Waals surface area contributed by atoms with Crippen molar-refractivity contribution in [1.29, 1.82) is 0 Å². The van der Waals surface area contributed by atoms with Gasteiger partial charge in [0, 0.05) is 37.3 Å². The molecule has 1 aliphatic heterocycles. The third kappa shape index (κ3) is 4.57. The molecule has 1 aromatic carbocycles. The van der Waals surface area contributed by atoms with Crippen LogP contribution >= 0.6 is 0 Å². The summed E-state index contributed by atoms with van der Waals surface area (Å²) in [5, 5.41) is 18.5. The first kappa shape index (κ1) is 23.0. The van der Waals surface area contributed by atoms with E-state index in [0.29, 0.717) is 12.3 Å². The molecule has 1 aliphatic rings. The number of carboxylic acids is 1. The number of aryl methyl sites for hydroxylation is 2. The fourth-order valence-corrected chi connectivity index (χ4v) is 4.88. The molecule has 5 aromatic rings. The Labute approximate surface area is 212 Å². The van der Waals surface area contributed by atoms with Crippen molar-refractivity contribution in [3.05, 3.63) is 72.1 Å². The van der Waals surface area contributed by atoms with E-state index in [1.165, 1.54) is 0 Å². The van der Waals surface area contributed by atoms with Crippen LogP contribution < -0.4 is 10.1 Å². The predicted octanol–water partition coefficient (Wildman–Crippen LogP) is 3.76. The molecule has 0 saturated heterocycles. The normalized spacial score (nSPS) is 13.9. The van der Waals surface area contributed by atoms with Crippen LogP contribution in [0, 0.1) is 0 Å². The molecule has 188 valence electrons. The summed E-state index contributed by atoms with van der Waals surface area (Å²) in [5.41, 5.74) is 6.33. The number of carbonyl (C=O) groups is 1. The van der Waals surface area contributed by atoms with E-state index in [9.17, 15) is 9.90 Å². The lowest BCUT2D eigenvalue weighted by Gasteiger charge is -2.18. The standard InChI is InChI=1S/C27H27N7O3/c1-33-16-30-27-25(33)12-18(14-29-27)24(13-26(35)36)34-23-7-5-20(11-17(23)15-31-34)37-10-8-19-4-6-21-22(32-19)3-2-9-28-21/h4-7,11-12,14-16,24,28H,2-3,8-10,13H2,1H3,(H,35,36). The minimum absolute atomic E-state index is 0.122. The van der Waals surface area contributed by atoms with Crippen molar-refractivity contribution in [1.82, 2.24) is 29.3 Å². The predicted molar refractivity (Wildman–Crippen MR) is 139 cm³/mol. The Morgan fingerprint density at radius 3 is 2.97 bits per heavy atom. The number of nitrogens with zero attached hydrogens (tertiary/aromatic N) is 6. The van der Waals surface area contributed by atoms with E-state index in [-0.39, 0.29) is 6.42 Å². The van der Waals surface area contributed by atoms with Gasteiger partial charge in [0.1, 0.15) is 5.75 Å². The first-order chi connectivity index (χ1) is 18.0. The lowest BCUT2D eigenvalue weighted by molar-refractivity contribution is -0.137. The van der Waals surface area contributed by atoms with Gasteiger partial charge >= 0.3 is 5.97 Å². The van der Waals surface area contributed by atoms with E-state index in [1.54, 1.807) is 23.4 Å². The molecule has 0 amide bonds. The SMILES string of the molecule is Cn1cnc2ncc(C(CC(=O)O)n3ncc4cc(OCCc5ccc6c(n5)CCCN6)ccc43)cc21. The van der Waals surface area contributed by atoms with Crippen LogP contribution in [0.25, 0.3) is 22.1 Å². The van der Waals surface area contributed by atoms with Gasteiger partial charge in [0.25, 0.3) is 0 Å². The number of aliphatic carboxylic acids is 1. The molecule has 5 heterocycles. The van der Waals surface area contributed by atoms with Crippen molar-refractivity contribution in [3.8, 4) is 5.75 Å². The molecule has 37 heavy (non-hydrogen) atoms. The zero-order chi connectivity index (χ0) is 25.4. The summed E-state index contributed by atoms with van der Waals surface area (Å²) < 4.78 is 9.64. The fourth-order valence-electron chi connectivity index (χ4n) is 4.88. The average Bonchev–Trinajstić information content (AvgIpc) is 3.50. The second kappa shape index (κ2) is 9.53. The Bertz CT molecular complexity index is 1610. The van der Waals surface area contributed by atoms with Crippen molar-refractivity contribution in [3.63, 3.8) is 0 Å². The molecule has 1 unspecified atom stereocenters. The van der Waals surface area contributed by atoms with Crippen molar-refractivity contribution in [2.75, 3.05) is 18.5 Å². The number of pyridine rings is 2. The number of ether oxygens (including phenoxy) is 1. The maximum atomic E-state index is 11.8. The zero-order valence-corrected chi connectivity index (χ0v) is 20.5. The van der Waals surface area contributed by atoms with Crippen LogP contribution in [0.5, 0.6) is 5.75 Å². The van der Waals surface area contributed by atoms with Gasteiger partial charge in [-0.25, -0.2) is 9.97 Å². The fraction of sp³-hybridized carbons (Fsp3) is 0.296. The molecule has 6 rings (SSSR count).